The van der Waals surface area contributed by atoms with E-state index in [-0.39, 0.29) is 11.9 Å². The number of carbonyl (C=O) groups excluding carboxylic acids is 1. The van der Waals surface area contributed by atoms with E-state index in [4.69, 9.17) is 0 Å². The van der Waals surface area contributed by atoms with E-state index in [2.05, 4.69) is 15.5 Å². The van der Waals surface area contributed by atoms with Crippen molar-refractivity contribution in [2.45, 2.75) is 25.8 Å². The van der Waals surface area contributed by atoms with Crippen molar-refractivity contribution in [3.8, 4) is 0 Å². The van der Waals surface area contributed by atoms with Crippen molar-refractivity contribution in [2.24, 2.45) is 0 Å². The Hall–Kier alpha value is -0.610. The quantitative estimate of drug-likeness (QED) is 0.645. The molecule has 1 rings (SSSR count). The van der Waals surface area contributed by atoms with Gasteiger partial charge in [0, 0.05) is 19.6 Å². The third-order valence-electron chi connectivity index (χ3n) is 2.67. The van der Waals surface area contributed by atoms with Gasteiger partial charge in [-0.05, 0) is 33.4 Å². The highest BCUT2D eigenvalue weighted by Crippen LogP contribution is 2.16. The standard InChI is InChI=1S/C10H21N3O/c1-3-12-10(14)9-5-4-7-13(9)8-6-11-2/h9,11H,3-8H2,1-2H3,(H,12,14). The molecular weight excluding hydrogens is 178 g/mol. The molecule has 0 aromatic rings. The molecule has 1 fully saturated rings. The van der Waals surface area contributed by atoms with Crippen molar-refractivity contribution in [3.05, 3.63) is 0 Å². The van der Waals surface area contributed by atoms with Gasteiger partial charge in [0.05, 0.1) is 6.04 Å². The fourth-order valence-electron chi connectivity index (χ4n) is 1.94. The molecule has 4 heteroatoms. The van der Waals surface area contributed by atoms with Gasteiger partial charge in [0.1, 0.15) is 0 Å². The average Bonchev–Trinajstić information content (AvgIpc) is 2.63. The van der Waals surface area contributed by atoms with Gasteiger partial charge < -0.3 is 10.6 Å². The van der Waals surface area contributed by atoms with Crippen molar-refractivity contribution in [3.63, 3.8) is 0 Å². The molecule has 4 nitrogen and oxygen atoms in total. The second kappa shape index (κ2) is 5.98. The third-order valence-corrected chi connectivity index (χ3v) is 2.67. The van der Waals surface area contributed by atoms with E-state index >= 15 is 0 Å². The van der Waals surface area contributed by atoms with Gasteiger partial charge in [0.2, 0.25) is 5.91 Å². The summed E-state index contributed by atoms with van der Waals surface area (Å²) in [5, 5.41) is 6.01. The Morgan fingerprint density at radius 1 is 1.57 bits per heavy atom. The normalized spacial score (nSPS) is 22.6. The number of likely N-dealkylation sites (N-methyl/N-ethyl adjacent to an activating group) is 2. The van der Waals surface area contributed by atoms with Crippen molar-refractivity contribution < 1.29 is 4.79 Å². The van der Waals surface area contributed by atoms with Crippen LogP contribution in [0.25, 0.3) is 0 Å². The van der Waals surface area contributed by atoms with E-state index in [0.29, 0.717) is 0 Å². The lowest BCUT2D eigenvalue weighted by molar-refractivity contribution is -0.125. The Kier molecular flexibility index (Phi) is 4.90. The summed E-state index contributed by atoms with van der Waals surface area (Å²) in [5.74, 6) is 0.195. The van der Waals surface area contributed by atoms with Crippen LogP contribution >= 0.6 is 0 Å². The molecule has 0 radical (unpaired) electrons. The minimum Gasteiger partial charge on any atom is -0.355 e. The predicted molar refractivity (Wildman–Crippen MR) is 57.2 cm³/mol. The van der Waals surface area contributed by atoms with Gasteiger partial charge in [-0.2, -0.15) is 0 Å². The Morgan fingerprint density at radius 2 is 2.36 bits per heavy atom. The monoisotopic (exact) mass is 199 g/mol. The molecule has 1 aliphatic heterocycles. The number of amides is 1. The SMILES string of the molecule is CCNC(=O)C1CCCN1CCNC. The summed E-state index contributed by atoms with van der Waals surface area (Å²) in [5.41, 5.74) is 0. The van der Waals surface area contributed by atoms with E-state index in [9.17, 15) is 4.79 Å². The number of carbonyl (C=O) groups is 1. The maximum atomic E-state index is 11.6. The molecule has 0 spiro atoms. The van der Waals surface area contributed by atoms with Crippen molar-refractivity contribution in [1.82, 2.24) is 15.5 Å². The zero-order valence-electron chi connectivity index (χ0n) is 9.18. The summed E-state index contributed by atoms with van der Waals surface area (Å²) >= 11 is 0. The van der Waals surface area contributed by atoms with Crippen LogP contribution in [0.2, 0.25) is 0 Å². The highest BCUT2D eigenvalue weighted by Gasteiger charge is 2.29. The lowest BCUT2D eigenvalue weighted by Gasteiger charge is -2.23. The fraction of sp³-hybridized carbons (Fsp3) is 0.900. The summed E-state index contributed by atoms with van der Waals surface area (Å²) in [6, 6.07) is 0.114. The van der Waals surface area contributed by atoms with Crippen molar-refractivity contribution in [1.29, 1.82) is 0 Å². The summed E-state index contributed by atoms with van der Waals surface area (Å²) in [6.45, 7) is 5.68. The second-order valence-corrected chi connectivity index (χ2v) is 3.69. The predicted octanol–water partition coefficient (Wildman–Crippen LogP) is -0.194. The zero-order valence-corrected chi connectivity index (χ0v) is 9.18. The number of likely N-dealkylation sites (tertiary alicyclic amines) is 1. The molecule has 1 aliphatic rings. The van der Waals surface area contributed by atoms with Crippen LogP contribution in [0.4, 0.5) is 0 Å². The summed E-state index contributed by atoms with van der Waals surface area (Å²) in [6.07, 6.45) is 2.15. The Bertz CT molecular complexity index is 184. The molecule has 2 N–H and O–H groups in total. The van der Waals surface area contributed by atoms with Gasteiger partial charge in [-0.3, -0.25) is 9.69 Å². The molecule has 82 valence electrons. The van der Waals surface area contributed by atoms with Crippen LogP contribution in [0, 0.1) is 0 Å². The topological polar surface area (TPSA) is 44.4 Å². The van der Waals surface area contributed by atoms with E-state index < -0.39 is 0 Å². The number of nitrogens with one attached hydrogen (secondary N) is 2. The minimum absolute atomic E-state index is 0.114. The third kappa shape index (κ3) is 2.96. The number of hydrogen-bond acceptors (Lipinski definition) is 3. The molecule has 0 aromatic carbocycles. The number of hydrogen-bond donors (Lipinski definition) is 2. The Labute approximate surface area is 86.0 Å². The van der Waals surface area contributed by atoms with Crippen LogP contribution in [0.3, 0.4) is 0 Å². The number of rotatable bonds is 5. The summed E-state index contributed by atoms with van der Waals surface area (Å²) < 4.78 is 0. The van der Waals surface area contributed by atoms with E-state index in [0.717, 1.165) is 39.0 Å². The summed E-state index contributed by atoms with van der Waals surface area (Å²) in [7, 11) is 1.94. The molecule has 1 saturated heterocycles. The molecule has 1 heterocycles. The molecule has 0 aromatic heterocycles. The molecule has 14 heavy (non-hydrogen) atoms. The zero-order chi connectivity index (χ0) is 10.4. The van der Waals surface area contributed by atoms with Crippen LogP contribution in [-0.2, 0) is 4.79 Å². The maximum Gasteiger partial charge on any atom is 0.237 e. The highest BCUT2D eigenvalue weighted by molar-refractivity contribution is 5.81. The molecule has 0 aliphatic carbocycles. The van der Waals surface area contributed by atoms with E-state index in [1.807, 2.05) is 14.0 Å². The van der Waals surface area contributed by atoms with Gasteiger partial charge in [-0.15, -0.1) is 0 Å². The van der Waals surface area contributed by atoms with E-state index in [1.165, 1.54) is 0 Å². The Morgan fingerprint density at radius 3 is 3.00 bits per heavy atom. The molecule has 1 atom stereocenters. The fourth-order valence-corrected chi connectivity index (χ4v) is 1.94. The lowest BCUT2D eigenvalue weighted by Crippen LogP contribution is -2.45. The summed E-state index contributed by atoms with van der Waals surface area (Å²) in [4.78, 5) is 13.9. The van der Waals surface area contributed by atoms with Crippen molar-refractivity contribution in [2.75, 3.05) is 33.2 Å². The van der Waals surface area contributed by atoms with Crippen LogP contribution in [0.1, 0.15) is 19.8 Å². The van der Waals surface area contributed by atoms with Gasteiger partial charge in [-0.25, -0.2) is 0 Å². The molecule has 0 bridgehead atoms. The van der Waals surface area contributed by atoms with Gasteiger partial charge in [-0.1, -0.05) is 0 Å². The highest BCUT2D eigenvalue weighted by atomic mass is 16.2. The largest absolute Gasteiger partial charge is 0.355 e. The first-order valence-electron chi connectivity index (χ1n) is 5.46. The first-order valence-corrected chi connectivity index (χ1v) is 5.46. The maximum absolute atomic E-state index is 11.6. The van der Waals surface area contributed by atoms with E-state index in [1.54, 1.807) is 0 Å². The van der Waals surface area contributed by atoms with Gasteiger partial charge >= 0.3 is 0 Å². The molecule has 1 unspecified atom stereocenters. The van der Waals surface area contributed by atoms with Crippen LogP contribution in [0.5, 0.6) is 0 Å². The number of nitrogens with zero attached hydrogens (tertiary/aromatic N) is 1. The minimum atomic E-state index is 0.114. The van der Waals surface area contributed by atoms with Crippen LogP contribution in [-0.4, -0.2) is 50.1 Å². The average molecular weight is 199 g/mol. The van der Waals surface area contributed by atoms with Crippen LogP contribution in [0.15, 0.2) is 0 Å². The van der Waals surface area contributed by atoms with Gasteiger partial charge in [0.25, 0.3) is 0 Å². The van der Waals surface area contributed by atoms with Crippen LogP contribution < -0.4 is 10.6 Å². The second-order valence-electron chi connectivity index (χ2n) is 3.69. The lowest BCUT2D eigenvalue weighted by atomic mass is 10.2. The molecular formula is C10H21N3O. The first kappa shape index (κ1) is 11.5. The molecule has 1 amide bonds. The van der Waals surface area contributed by atoms with Crippen molar-refractivity contribution >= 4 is 5.91 Å². The smallest absolute Gasteiger partial charge is 0.237 e. The first-order chi connectivity index (χ1) is 6.79. The van der Waals surface area contributed by atoms with Gasteiger partial charge in [0.15, 0.2) is 0 Å². The molecule has 0 saturated carbocycles. The Balaban J connectivity index is 2.38.